The second-order valence-electron chi connectivity index (χ2n) is 9.63. The Morgan fingerprint density at radius 3 is 2.33 bits per heavy atom. The zero-order valence-electron chi connectivity index (χ0n) is 24.2. The summed E-state index contributed by atoms with van der Waals surface area (Å²) in [5, 5.41) is 2.63. The molecule has 1 aromatic heterocycles. The summed E-state index contributed by atoms with van der Waals surface area (Å²) in [4.78, 5) is 41.3. The lowest BCUT2D eigenvalue weighted by atomic mass is 10.2. The number of nitrogen functional groups attached to an aromatic ring is 1. The van der Waals surface area contributed by atoms with Crippen molar-refractivity contribution in [3.05, 3.63) is 53.1 Å². The van der Waals surface area contributed by atoms with Crippen LogP contribution in [0.25, 0.3) is 0 Å². The molecular formula is C28H42FN4O8P. The van der Waals surface area contributed by atoms with Crippen molar-refractivity contribution < 1.29 is 37.3 Å². The number of rotatable bonds is 21. The summed E-state index contributed by atoms with van der Waals surface area (Å²) in [6.45, 7) is 3.04. The smallest absolute Gasteiger partial charge is 0.349 e. The van der Waals surface area contributed by atoms with E-state index in [0.29, 0.717) is 12.8 Å². The second-order valence-corrected chi connectivity index (χ2v) is 11.7. The molecule has 1 heterocycles. The minimum Gasteiger partial charge on any atom is -0.466 e. The Bertz CT molecular complexity index is 1200. The molecule has 42 heavy (non-hydrogen) atoms. The van der Waals surface area contributed by atoms with Crippen molar-refractivity contribution in [1.82, 2.24) is 14.6 Å². The van der Waals surface area contributed by atoms with Crippen LogP contribution in [0.4, 0.5) is 10.2 Å². The first-order chi connectivity index (χ1) is 20.2. The molecule has 0 aliphatic rings. The fourth-order valence-electron chi connectivity index (χ4n) is 3.70. The van der Waals surface area contributed by atoms with Gasteiger partial charge in [0.1, 0.15) is 36.7 Å². The van der Waals surface area contributed by atoms with Gasteiger partial charge in [-0.25, -0.2) is 14.3 Å². The maximum Gasteiger partial charge on any atom is 0.349 e. The monoisotopic (exact) mass is 612 g/mol. The molecule has 2 aromatic rings. The number of alkyl halides is 1. The van der Waals surface area contributed by atoms with Crippen molar-refractivity contribution in [2.45, 2.75) is 77.5 Å². The van der Waals surface area contributed by atoms with E-state index in [-0.39, 0.29) is 31.3 Å². The summed E-state index contributed by atoms with van der Waals surface area (Å²) in [5.74, 6) is -1.30. The molecule has 14 heteroatoms. The van der Waals surface area contributed by atoms with Gasteiger partial charge in [0.25, 0.3) is 0 Å². The molecule has 0 aliphatic carbocycles. The van der Waals surface area contributed by atoms with Gasteiger partial charge in [-0.1, -0.05) is 57.7 Å². The van der Waals surface area contributed by atoms with Gasteiger partial charge >= 0.3 is 25.1 Å². The second kappa shape index (κ2) is 19.0. The number of esters is 2. The van der Waals surface area contributed by atoms with Crippen LogP contribution in [0, 0.1) is 0 Å². The number of nitrogens with two attached hydrogens (primary N) is 1. The maximum absolute atomic E-state index is 14.1. The Kier molecular flexibility index (Phi) is 15.8. The van der Waals surface area contributed by atoms with E-state index in [4.69, 9.17) is 24.5 Å². The Hall–Kier alpha value is -3.28. The predicted octanol–water partition coefficient (Wildman–Crippen LogP) is 4.22. The summed E-state index contributed by atoms with van der Waals surface area (Å²) >= 11 is 0. The number of carbonyl (C=O) groups is 2. The van der Waals surface area contributed by atoms with Gasteiger partial charge in [-0.15, -0.1) is 0 Å². The van der Waals surface area contributed by atoms with Crippen LogP contribution in [-0.2, 0) is 34.9 Å². The zero-order valence-corrected chi connectivity index (χ0v) is 25.1. The number of unbranched alkanes of at least 4 members (excludes halogenated alkanes) is 4. The fourth-order valence-corrected chi connectivity index (χ4v) is 5.42. The predicted molar refractivity (Wildman–Crippen MR) is 156 cm³/mol. The number of aromatic nitrogens is 2. The van der Waals surface area contributed by atoms with E-state index in [0.717, 1.165) is 30.3 Å². The van der Waals surface area contributed by atoms with Gasteiger partial charge in [0.15, 0.2) is 0 Å². The SMILES string of the molecule is CCCCCOC(=O)C[C@H](NP(=O)(CO[C@H](CF)Cn1ccc(N)nc1=O)Oc1ccccc1)C(=O)OCCCCC. The number of halogens is 1. The largest absolute Gasteiger partial charge is 0.466 e. The Morgan fingerprint density at radius 2 is 1.71 bits per heavy atom. The number of ether oxygens (including phenoxy) is 3. The highest BCUT2D eigenvalue weighted by Gasteiger charge is 2.36. The molecule has 0 amide bonds. The molecule has 0 radical (unpaired) electrons. The molecule has 0 aliphatic heterocycles. The summed E-state index contributed by atoms with van der Waals surface area (Å²) in [6.07, 6.45) is 3.81. The van der Waals surface area contributed by atoms with Crippen LogP contribution in [-0.4, -0.2) is 59.9 Å². The number of carbonyl (C=O) groups excluding carboxylic acids is 2. The lowest BCUT2D eigenvalue weighted by Gasteiger charge is -2.26. The minimum absolute atomic E-state index is 0.00967. The minimum atomic E-state index is -4.15. The number of nitrogens with zero attached hydrogens (tertiary/aromatic N) is 2. The van der Waals surface area contributed by atoms with Crippen molar-refractivity contribution in [2.24, 2.45) is 0 Å². The van der Waals surface area contributed by atoms with Crippen LogP contribution < -0.4 is 21.0 Å². The highest BCUT2D eigenvalue weighted by atomic mass is 31.2. The molecule has 1 unspecified atom stereocenters. The average molecular weight is 613 g/mol. The first-order valence-electron chi connectivity index (χ1n) is 14.1. The first kappa shape index (κ1) is 34.9. The summed E-state index contributed by atoms with van der Waals surface area (Å²) in [5.41, 5.74) is 4.80. The van der Waals surface area contributed by atoms with E-state index in [9.17, 15) is 23.3 Å². The van der Waals surface area contributed by atoms with Crippen molar-refractivity contribution in [1.29, 1.82) is 0 Å². The molecule has 1 aromatic carbocycles. The zero-order chi connectivity index (χ0) is 30.8. The van der Waals surface area contributed by atoms with Crippen LogP contribution in [0.1, 0.15) is 58.8 Å². The van der Waals surface area contributed by atoms with Gasteiger partial charge in [0.05, 0.1) is 26.2 Å². The molecular weight excluding hydrogens is 570 g/mol. The van der Waals surface area contributed by atoms with Crippen LogP contribution in [0.15, 0.2) is 47.4 Å². The van der Waals surface area contributed by atoms with Gasteiger partial charge < -0.3 is 24.5 Å². The van der Waals surface area contributed by atoms with E-state index in [1.807, 2.05) is 13.8 Å². The number of para-hydroxylation sites is 1. The van der Waals surface area contributed by atoms with Crippen molar-refractivity contribution in [3.63, 3.8) is 0 Å². The normalized spacial score (nSPS) is 14.0. The third-order valence-corrected chi connectivity index (χ3v) is 7.66. The van der Waals surface area contributed by atoms with E-state index in [1.54, 1.807) is 30.3 Å². The van der Waals surface area contributed by atoms with E-state index >= 15 is 0 Å². The molecule has 234 valence electrons. The van der Waals surface area contributed by atoms with Gasteiger partial charge in [-0.2, -0.15) is 4.98 Å². The molecule has 3 atom stereocenters. The van der Waals surface area contributed by atoms with Crippen LogP contribution in [0.2, 0.25) is 0 Å². The van der Waals surface area contributed by atoms with E-state index in [2.05, 4.69) is 10.1 Å². The average Bonchev–Trinajstić information content (AvgIpc) is 2.97. The number of nitrogens with one attached hydrogen (secondary N) is 1. The van der Waals surface area contributed by atoms with E-state index < -0.39 is 56.7 Å². The third kappa shape index (κ3) is 13.1. The standard InChI is InChI=1S/C28H42FN4O8P/c1-3-5-10-16-38-26(34)18-24(27(35)39-17-11-6-4-2)32-42(37,41-22-12-8-7-9-13-22)21-40-23(19-29)20-33-15-14-25(30)31-28(33)36/h7-9,12-15,23-24H,3-6,10-11,16-21H2,1-2H3,(H,32,37)(H2,30,31,36)/t23-,24+,42?/m1/s1. The Balaban J connectivity index is 2.23. The molecule has 0 spiro atoms. The molecule has 0 bridgehead atoms. The quantitative estimate of drug-likeness (QED) is 0.118. The number of hydrogen-bond acceptors (Lipinski definition) is 10. The number of benzene rings is 1. The van der Waals surface area contributed by atoms with Gasteiger partial charge in [-0.3, -0.25) is 18.7 Å². The summed E-state index contributed by atoms with van der Waals surface area (Å²) in [6, 6.07) is 8.10. The summed E-state index contributed by atoms with van der Waals surface area (Å²) < 4.78 is 51.1. The van der Waals surface area contributed by atoms with Crippen LogP contribution in [0.5, 0.6) is 5.75 Å². The lowest BCUT2D eigenvalue weighted by Crippen LogP contribution is -2.41. The van der Waals surface area contributed by atoms with Crippen LogP contribution in [0.3, 0.4) is 0 Å². The van der Waals surface area contributed by atoms with Gasteiger partial charge in [-0.05, 0) is 31.0 Å². The molecule has 0 saturated heterocycles. The fraction of sp³-hybridized carbons (Fsp3) is 0.571. The number of anilines is 1. The Morgan fingerprint density at radius 1 is 1.05 bits per heavy atom. The van der Waals surface area contributed by atoms with Crippen LogP contribution >= 0.6 is 7.52 Å². The molecule has 3 N–H and O–H groups in total. The topological polar surface area (TPSA) is 161 Å². The molecule has 2 rings (SSSR count). The van der Waals surface area contributed by atoms with Gasteiger partial charge in [0.2, 0.25) is 0 Å². The highest BCUT2D eigenvalue weighted by molar-refractivity contribution is 7.57. The van der Waals surface area contributed by atoms with Crippen molar-refractivity contribution >= 4 is 25.3 Å². The van der Waals surface area contributed by atoms with Crippen molar-refractivity contribution in [3.8, 4) is 5.75 Å². The maximum atomic E-state index is 14.1. The van der Waals surface area contributed by atoms with Crippen molar-refractivity contribution in [2.75, 3.05) is 32.0 Å². The third-order valence-electron chi connectivity index (χ3n) is 5.96. The Labute approximate surface area is 245 Å². The van der Waals surface area contributed by atoms with E-state index in [1.165, 1.54) is 12.3 Å². The summed E-state index contributed by atoms with van der Waals surface area (Å²) in [7, 11) is -4.15. The molecule has 0 saturated carbocycles. The highest BCUT2D eigenvalue weighted by Crippen LogP contribution is 2.44. The molecule has 0 fully saturated rings. The lowest BCUT2D eigenvalue weighted by molar-refractivity contribution is -0.152. The van der Waals surface area contributed by atoms with Gasteiger partial charge in [0, 0.05) is 6.20 Å². The first-order valence-corrected chi connectivity index (χ1v) is 15.9. The number of hydrogen-bond donors (Lipinski definition) is 2. The molecule has 12 nitrogen and oxygen atoms in total.